The fraction of sp³-hybridized carbons (Fsp3) is 0.391. The maximum Gasteiger partial charge on any atom is 0.414 e. The monoisotopic (exact) mass is 396 g/mol. The number of carbonyl (C=O) groups excluding carboxylic acids is 2. The molecular formula is C23H28N2O4. The Balaban J connectivity index is 2.08. The molecule has 0 radical (unpaired) electrons. The first kappa shape index (κ1) is 20.9. The topological polar surface area (TPSA) is 78.9 Å². The van der Waals surface area contributed by atoms with E-state index in [4.69, 9.17) is 4.74 Å². The SMILES string of the molecule is Cc1ccc(-c2cc(C(=O)N[C@@H](C)CO)cc(N3C(=O)OC[C@@H]3C(C)C)c2)cc1. The maximum absolute atomic E-state index is 12.8. The minimum atomic E-state index is -0.403. The standard InChI is InChI=1S/C23H28N2O4/c1-14(2)21-13-29-23(28)25(21)20-10-18(17-7-5-15(3)6-8-17)9-19(11-20)22(27)24-16(4)12-26/h5-11,14,16,21,26H,12-13H2,1-4H3,(H,24,27)/t16-,21+/m0/s1. The number of benzene rings is 2. The summed E-state index contributed by atoms with van der Waals surface area (Å²) in [5, 5.41) is 12.0. The molecule has 1 fully saturated rings. The Labute approximate surface area is 171 Å². The zero-order valence-corrected chi connectivity index (χ0v) is 17.3. The fourth-order valence-corrected chi connectivity index (χ4v) is 3.37. The first-order chi connectivity index (χ1) is 13.8. The average Bonchev–Trinajstić information content (AvgIpc) is 3.09. The van der Waals surface area contributed by atoms with Crippen molar-refractivity contribution in [3.05, 3.63) is 53.6 Å². The molecule has 1 aliphatic rings. The van der Waals surface area contributed by atoms with Crippen LogP contribution in [0, 0.1) is 12.8 Å². The van der Waals surface area contributed by atoms with Crippen LogP contribution < -0.4 is 10.2 Å². The Bertz CT molecular complexity index is 892. The molecule has 29 heavy (non-hydrogen) atoms. The molecule has 0 aliphatic carbocycles. The lowest BCUT2D eigenvalue weighted by Crippen LogP contribution is -2.38. The Morgan fingerprint density at radius 2 is 1.86 bits per heavy atom. The third-order valence-corrected chi connectivity index (χ3v) is 5.17. The molecule has 6 nitrogen and oxygen atoms in total. The van der Waals surface area contributed by atoms with E-state index in [2.05, 4.69) is 5.32 Å². The molecule has 2 aromatic rings. The second-order valence-electron chi connectivity index (χ2n) is 7.95. The number of carbonyl (C=O) groups is 2. The van der Waals surface area contributed by atoms with Crippen molar-refractivity contribution < 1.29 is 19.4 Å². The average molecular weight is 396 g/mol. The van der Waals surface area contributed by atoms with Gasteiger partial charge in [0.15, 0.2) is 0 Å². The zero-order valence-electron chi connectivity index (χ0n) is 17.3. The summed E-state index contributed by atoms with van der Waals surface area (Å²) in [5.74, 6) is -0.0911. The molecule has 0 spiro atoms. The Kier molecular flexibility index (Phi) is 6.23. The quantitative estimate of drug-likeness (QED) is 0.779. The molecule has 0 saturated carbocycles. The Morgan fingerprint density at radius 3 is 2.48 bits per heavy atom. The van der Waals surface area contributed by atoms with Crippen molar-refractivity contribution in [2.75, 3.05) is 18.1 Å². The van der Waals surface area contributed by atoms with Gasteiger partial charge in [-0.15, -0.1) is 0 Å². The van der Waals surface area contributed by atoms with E-state index in [1.807, 2.05) is 51.1 Å². The molecule has 154 valence electrons. The van der Waals surface area contributed by atoms with Crippen LogP contribution in [0.1, 0.15) is 36.7 Å². The highest BCUT2D eigenvalue weighted by atomic mass is 16.6. The summed E-state index contributed by atoms with van der Waals surface area (Å²) in [6.45, 7) is 8.01. The van der Waals surface area contributed by atoms with Gasteiger partial charge < -0.3 is 15.2 Å². The second kappa shape index (κ2) is 8.66. The van der Waals surface area contributed by atoms with Gasteiger partial charge in [-0.05, 0) is 49.1 Å². The number of hydrogen-bond acceptors (Lipinski definition) is 4. The summed E-state index contributed by atoms with van der Waals surface area (Å²) in [4.78, 5) is 26.8. The largest absolute Gasteiger partial charge is 0.447 e. The smallest absolute Gasteiger partial charge is 0.414 e. The van der Waals surface area contributed by atoms with E-state index in [0.29, 0.717) is 17.9 Å². The predicted molar refractivity (Wildman–Crippen MR) is 113 cm³/mol. The highest BCUT2D eigenvalue weighted by molar-refractivity contribution is 5.99. The number of ether oxygens (including phenoxy) is 1. The number of amides is 2. The van der Waals surface area contributed by atoms with Gasteiger partial charge in [-0.2, -0.15) is 0 Å². The fourth-order valence-electron chi connectivity index (χ4n) is 3.37. The Hall–Kier alpha value is -2.86. The number of aryl methyl sites for hydroxylation is 1. The molecule has 2 N–H and O–H groups in total. The van der Waals surface area contributed by atoms with Gasteiger partial charge in [0, 0.05) is 17.3 Å². The highest BCUT2D eigenvalue weighted by Crippen LogP contribution is 2.32. The van der Waals surface area contributed by atoms with Crippen LogP contribution in [0.4, 0.5) is 10.5 Å². The van der Waals surface area contributed by atoms with Crippen LogP contribution in [0.25, 0.3) is 11.1 Å². The van der Waals surface area contributed by atoms with E-state index in [1.165, 1.54) is 0 Å². The third-order valence-electron chi connectivity index (χ3n) is 5.17. The minimum absolute atomic E-state index is 0.0944. The van der Waals surface area contributed by atoms with Crippen molar-refractivity contribution in [3.8, 4) is 11.1 Å². The summed E-state index contributed by atoms with van der Waals surface area (Å²) >= 11 is 0. The van der Waals surface area contributed by atoms with Gasteiger partial charge in [-0.3, -0.25) is 9.69 Å². The number of cyclic esters (lactones) is 1. The highest BCUT2D eigenvalue weighted by Gasteiger charge is 2.36. The summed E-state index contributed by atoms with van der Waals surface area (Å²) in [6, 6.07) is 13.0. The molecule has 1 heterocycles. The van der Waals surface area contributed by atoms with Gasteiger partial charge in [0.25, 0.3) is 5.91 Å². The van der Waals surface area contributed by atoms with Crippen LogP contribution in [0.5, 0.6) is 0 Å². The van der Waals surface area contributed by atoms with Crippen molar-refractivity contribution in [3.63, 3.8) is 0 Å². The van der Waals surface area contributed by atoms with Crippen molar-refractivity contribution in [2.24, 2.45) is 5.92 Å². The number of rotatable bonds is 6. The Morgan fingerprint density at radius 1 is 1.17 bits per heavy atom. The number of anilines is 1. The first-order valence-electron chi connectivity index (χ1n) is 9.90. The van der Waals surface area contributed by atoms with Crippen LogP contribution in [-0.2, 0) is 4.74 Å². The van der Waals surface area contributed by atoms with Crippen molar-refractivity contribution in [1.29, 1.82) is 0 Å². The van der Waals surface area contributed by atoms with Crippen molar-refractivity contribution in [1.82, 2.24) is 5.32 Å². The molecule has 6 heteroatoms. The number of nitrogens with zero attached hydrogens (tertiary/aromatic N) is 1. The number of aliphatic hydroxyl groups is 1. The molecule has 2 atom stereocenters. The third kappa shape index (κ3) is 4.59. The van der Waals surface area contributed by atoms with Gasteiger partial charge in [-0.1, -0.05) is 43.7 Å². The zero-order chi connectivity index (χ0) is 21.1. The molecular weight excluding hydrogens is 368 g/mol. The van der Waals surface area contributed by atoms with E-state index >= 15 is 0 Å². The maximum atomic E-state index is 12.8. The predicted octanol–water partition coefficient (Wildman–Crippen LogP) is 3.75. The second-order valence-corrected chi connectivity index (χ2v) is 7.95. The molecule has 1 aliphatic heterocycles. The van der Waals surface area contributed by atoms with Gasteiger partial charge in [0.05, 0.1) is 12.6 Å². The van der Waals surface area contributed by atoms with Crippen LogP contribution in [0.2, 0.25) is 0 Å². The van der Waals surface area contributed by atoms with E-state index < -0.39 is 6.09 Å². The van der Waals surface area contributed by atoms with Crippen LogP contribution in [0.15, 0.2) is 42.5 Å². The lowest BCUT2D eigenvalue weighted by molar-refractivity contribution is 0.0922. The van der Waals surface area contributed by atoms with Crippen LogP contribution in [0.3, 0.4) is 0 Å². The summed E-state index contributed by atoms with van der Waals surface area (Å²) in [6.07, 6.45) is -0.403. The summed E-state index contributed by atoms with van der Waals surface area (Å²) < 4.78 is 5.29. The normalized spacial score (nSPS) is 17.4. The summed E-state index contributed by atoms with van der Waals surface area (Å²) in [5.41, 5.74) is 4.00. The summed E-state index contributed by atoms with van der Waals surface area (Å²) in [7, 11) is 0. The van der Waals surface area contributed by atoms with Gasteiger partial charge in [-0.25, -0.2) is 4.79 Å². The molecule has 3 rings (SSSR count). The van der Waals surface area contributed by atoms with E-state index in [-0.39, 0.29) is 30.5 Å². The lowest BCUT2D eigenvalue weighted by atomic mass is 9.98. The van der Waals surface area contributed by atoms with Gasteiger partial charge in [0.1, 0.15) is 6.61 Å². The first-order valence-corrected chi connectivity index (χ1v) is 9.90. The van der Waals surface area contributed by atoms with Crippen LogP contribution in [-0.4, -0.2) is 42.4 Å². The van der Waals surface area contributed by atoms with E-state index in [9.17, 15) is 14.7 Å². The van der Waals surface area contributed by atoms with Crippen molar-refractivity contribution in [2.45, 2.75) is 39.8 Å². The number of nitrogens with one attached hydrogen (secondary N) is 1. The lowest BCUT2D eigenvalue weighted by Gasteiger charge is -2.25. The number of hydrogen-bond donors (Lipinski definition) is 2. The molecule has 0 unspecified atom stereocenters. The molecule has 1 saturated heterocycles. The van der Waals surface area contributed by atoms with Crippen molar-refractivity contribution >= 4 is 17.7 Å². The number of aliphatic hydroxyl groups excluding tert-OH is 1. The van der Waals surface area contributed by atoms with Crippen LogP contribution >= 0.6 is 0 Å². The van der Waals surface area contributed by atoms with E-state index in [0.717, 1.165) is 16.7 Å². The molecule has 2 amide bonds. The molecule has 2 aromatic carbocycles. The molecule has 0 bridgehead atoms. The minimum Gasteiger partial charge on any atom is -0.447 e. The van der Waals surface area contributed by atoms with Gasteiger partial charge in [0.2, 0.25) is 0 Å². The van der Waals surface area contributed by atoms with E-state index in [1.54, 1.807) is 24.0 Å². The molecule has 0 aromatic heterocycles. The van der Waals surface area contributed by atoms with Gasteiger partial charge >= 0.3 is 6.09 Å².